The van der Waals surface area contributed by atoms with Crippen molar-refractivity contribution < 1.29 is 66.4 Å². The minimum atomic E-state index is -1.05. The number of ether oxygens (including phenoxy) is 12. The molecular weight excluding hydrogens is 728 g/mol. The van der Waals surface area contributed by atoms with Gasteiger partial charge in [-0.05, 0) is 24.3 Å². The van der Waals surface area contributed by atoms with E-state index in [-0.39, 0.29) is 6.42 Å². The summed E-state index contributed by atoms with van der Waals surface area (Å²) in [6.45, 7) is 2.67. The van der Waals surface area contributed by atoms with E-state index in [0.29, 0.717) is 85.3 Å². The number of benzene rings is 4. The molecule has 0 saturated heterocycles. The second-order valence-corrected chi connectivity index (χ2v) is 13.0. The van der Waals surface area contributed by atoms with Crippen molar-refractivity contribution in [3.63, 3.8) is 0 Å². The Labute approximate surface area is 325 Å². The van der Waals surface area contributed by atoms with Gasteiger partial charge in [0.1, 0.15) is 40.6 Å². The summed E-state index contributed by atoms with van der Waals surface area (Å²) in [5, 5.41) is 0. The summed E-state index contributed by atoms with van der Waals surface area (Å²) in [5.74, 6) is 2.38. The Balaban J connectivity index is 1.67. The average molecular weight is 775 g/mol. The normalized spacial score (nSPS) is 19.4. The minimum absolute atomic E-state index is 0.182. The van der Waals surface area contributed by atoms with Gasteiger partial charge in [-0.15, -0.1) is 0 Å². The molecule has 14 nitrogen and oxygen atoms in total. The lowest BCUT2D eigenvalue weighted by atomic mass is 9.77. The fourth-order valence-electron chi connectivity index (χ4n) is 7.51. The standard InChI is InChI=1S/C42H46O14/c1-21(43)53-35-19-26-29(48-6)20-33(52-10)37(41(26)56-39(35)23-11-13-27(46-4)30(15-23)49-7)38-36-32(51-9)17-25(45-3)18-34(36)55-40(42(38)54-22(2)44)24-12-14-28(47-5)31(16-24)50-8/h11-18,20,35,38-40,42H,19H2,1-10H3/t35-,38+,39+,40+,42+/m0/s1. The Bertz CT molecular complexity index is 2090. The van der Waals surface area contributed by atoms with E-state index in [1.165, 1.54) is 49.4 Å². The van der Waals surface area contributed by atoms with Gasteiger partial charge in [0.15, 0.2) is 41.3 Å². The molecule has 0 saturated carbocycles. The first-order valence-electron chi connectivity index (χ1n) is 17.7. The number of carbonyl (C=O) groups excluding carboxylic acids is 2. The monoisotopic (exact) mass is 774 g/mol. The van der Waals surface area contributed by atoms with Crippen LogP contribution in [0.25, 0.3) is 0 Å². The third-order valence-corrected chi connectivity index (χ3v) is 9.90. The number of fused-ring (bicyclic) bond motifs is 2. The van der Waals surface area contributed by atoms with Crippen LogP contribution in [0, 0.1) is 0 Å². The van der Waals surface area contributed by atoms with E-state index in [1.807, 2.05) is 12.1 Å². The molecule has 0 N–H and O–H groups in total. The van der Waals surface area contributed by atoms with Crippen molar-refractivity contribution in [2.45, 2.75) is 50.6 Å². The van der Waals surface area contributed by atoms with Crippen molar-refractivity contribution in [3.8, 4) is 57.5 Å². The van der Waals surface area contributed by atoms with E-state index in [1.54, 1.807) is 63.8 Å². The van der Waals surface area contributed by atoms with Gasteiger partial charge in [0.05, 0.1) is 62.8 Å². The predicted molar refractivity (Wildman–Crippen MR) is 202 cm³/mol. The van der Waals surface area contributed by atoms with Crippen LogP contribution in [0.3, 0.4) is 0 Å². The molecule has 2 aliphatic heterocycles. The van der Waals surface area contributed by atoms with Crippen LogP contribution in [-0.4, -0.2) is 81.0 Å². The summed E-state index contributed by atoms with van der Waals surface area (Å²) >= 11 is 0. The zero-order valence-corrected chi connectivity index (χ0v) is 33.0. The fourth-order valence-corrected chi connectivity index (χ4v) is 7.51. The highest BCUT2D eigenvalue weighted by Crippen LogP contribution is 2.58. The first-order chi connectivity index (χ1) is 27.0. The highest BCUT2D eigenvalue weighted by Gasteiger charge is 2.49. The molecule has 0 radical (unpaired) electrons. The van der Waals surface area contributed by atoms with Crippen LogP contribution in [0.2, 0.25) is 0 Å². The van der Waals surface area contributed by atoms with Gasteiger partial charge in [-0.2, -0.15) is 0 Å². The molecule has 298 valence electrons. The van der Waals surface area contributed by atoms with Crippen molar-refractivity contribution in [3.05, 3.63) is 82.4 Å². The first kappa shape index (κ1) is 39.5. The van der Waals surface area contributed by atoms with Crippen LogP contribution >= 0.6 is 0 Å². The topological polar surface area (TPSA) is 145 Å². The van der Waals surface area contributed by atoms with Gasteiger partial charge in [0.2, 0.25) is 0 Å². The molecule has 4 aromatic carbocycles. The molecule has 6 rings (SSSR count). The van der Waals surface area contributed by atoms with Crippen LogP contribution in [0.4, 0.5) is 0 Å². The SMILES string of the molecule is COc1cc(OC)c2c(c1)O[C@H](c1ccc(OC)c(OC)c1)[C@H](OC(C)=O)[C@H]2c1c(OC)cc(OC)c2c1O[C@H](c1ccc(OC)c(OC)c1)[C@@H](OC(C)=O)C2. The number of hydrogen-bond acceptors (Lipinski definition) is 14. The molecule has 0 fully saturated rings. The number of hydrogen-bond donors (Lipinski definition) is 0. The molecule has 56 heavy (non-hydrogen) atoms. The van der Waals surface area contributed by atoms with E-state index < -0.39 is 42.3 Å². The molecule has 14 heteroatoms. The van der Waals surface area contributed by atoms with Crippen molar-refractivity contribution in [2.24, 2.45) is 0 Å². The van der Waals surface area contributed by atoms with Crippen molar-refractivity contribution >= 4 is 11.9 Å². The third-order valence-electron chi connectivity index (χ3n) is 9.90. The molecule has 4 aromatic rings. The van der Waals surface area contributed by atoms with Gasteiger partial charge in [0.25, 0.3) is 0 Å². The smallest absolute Gasteiger partial charge is 0.303 e. The molecule has 5 atom stereocenters. The maximum absolute atomic E-state index is 13.2. The van der Waals surface area contributed by atoms with Gasteiger partial charge in [-0.25, -0.2) is 0 Å². The molecule has 0 aliphatic carbocycles. The number of rotatable bonds is 13. The molecule has 0 bridgehead atoms. The number of carbonyl (C=O) groups is 2. The summed E-state index contributed by atoms with van der Waals surface area (Å²) in [6, 6.07) is 15.9. The Morgan fingerprint density at radius 3 is 1.59 bits per heavy atom. The van der Waals surface area contributed by atoms with Crippen LogP contribution in [0.1, 0.15) is 59.8 Å². The Morgan fingerprint density at radius 2 is 1.07 bits per heavy atom. The van der Waals surface area contributed by atoms with Crippen LogP contribution in [0.5, 0.6) is 57.5 Å². The Hall–Kier alpha value is -6.18. The second-order valence-electron chi connectivity index (χ2n) is 13.0. The number of esters is 2. The lowest BCUT2D eigenvalue weighted by Gasteiger charge is -2.42. The number of methoxy groups -OCH3 is 8. The van der Waals surface area contributed by atoms with Gasteiger partial charge >= 0.3 is 11.9 Å². The lowest BCUT2D eigenvalue weighted by molar-refractivity contribution is -0.154. The molecule has 0 aromatic heterocycles. The average Bonchev–Trinajstić information content (AvgIpc) is 3.21. The van der Waals surface area contributed by atoms with Crippen molar-refractivity contribution in [2.75, 3.05) is 56.9 Å². The van der Waals surface area contributed by atoms with Gasteiger partial charge in [-0.3, -0.25) is 9.59 Å². The lowest BCUT2D eigenvalue weighted by Crippen LogP contribution is -2.40. The summed E-state index contributed by atoms with van der Waals surface area (Å²) < 4.78 is 72.1. The summed E-state index contributed by atoms with van der Waals surface area (Å²) in [4.78, 5) is 25.7. The maximum atomic E-state index is 13.2. The van der Waals surface area contributed by atoms with Gasteiger partial charge < -0.3 is 56.8 Å². The second kappa shape index (κ2) is 16.7. The minimum Gasteiger partial charge on any atom is -0.496 e. The molecule has 0 unspecified atom stereocenters. The zero-order valence-electron chi connectivity index (χ0n) is 33.0. The Kier molecular flexibility index (Phi) is 11.8. The predicted octanol–water partition coefficient (Wildman–Crippen LogP) is 6.56. The molecule has 2 heterocycles. The highest BCUT2D eigenvalue weighted by molar-refractivity contribution is 5.70. The molecule has 0 amide bonds. The quantitative estimate of drug-likeness (QED) is 0.135. The Morgan fingerprint density at radius 1 is 0.536 bits per heavy atom. The third kappa shape index (κ3) is 7.30. The zero-order chi connectivity index (χ0) is 40.3. The summed E-state index contributed by atoms with van der Waals surface area (Å²) in [7, 11) is 12.3. The fraction of sp³-hybridized carbons (Fsp3) is 0.381. The highest BCUT2D eigenvalue weighted by atomic mass is 16.6. The van der Waals surface area contributed by atoms with Crippen LogP contribution in [-0.2, 0) is 25.5 Å². The molecular formula is C42H46O14. The van der Waals surface area contributed by atoms with E-state index >= 15 is 0 Å². The van der Waals surface area contributed by atoms with E-state index in [9.17, 15) is 9.59 Å². The maximum Gasteiger partial charge on any atom is 0.303 e. The van der Waals surface area contributed by atoms with E-state index in [0.717, 1.165) is 0 Å². The van der Waals surface area contributed by atoms with E-state index in [4.69, 9.17) is 56.8 Å². The molecule has 0 spiro atoms. The largest absolute Gasteiger partial charge is 0.496 e. The summed E-state index contributed by atoms with van der Waals surface area (Å²) in [5.41, 5.74) is 2.89. The molecule has 2 aliphatic rings. The first-order valence-corrected chi connectivity index (χ1v) is 17.7. The summed E-state index contributed by atoms with van der Waals surface area (Å²) in [6.07, 6.45) is -3.44. The van der Waals surface area contributed by atoms with Gasteiger partial charge in [0, 0.05) is 66.3 Å². The van der Waals surface area contributed by atoms with E-state index in [2.05, 4.69) is 0 Å². The van der Waals surface area contributed by atoms with Crippen molar-refractivity contribution in [1.82, 2.24) is 0 Å². The van der Waals surface area contributed by atoms with Crippen LogP contribution in [0.15, 0.2) is 54.6 Å². The van der Waals surface area contributed by atoms with Gasteiger partial charge in [-0.1, -0.05) is 12.1 Å². The van der Waals surface area contributed by atoms with Crippen molar-refractivity contribution in [1.29, 1.82) is 0 Å². The van der Waals surface area contributed by atoms with Crippen LogP contribution < -0.4 is 47.4 Å².